The summed E-state index contributed by atoms with van der Waals surface area (Å²) >= 11 is 0. The van der Waals surface area contributed by atoms with Crippen molar-refractivity contribution in [2.24, 2.45) is 0 Å². The highest BCUT2D eigenvalue weighted by molar-refractivity contribution is 7.89. The minimum atomic E-state index is -3.97. The van der Waals surface area contributed by atoms with Gasteiger partial charge in [-0.3, -0.25) is 4.90 Å². The van der Waals surface area contributed by atoms with Gasteiger partial charge < -0.3 is 4.74 Å². The number of ether oxygens (including phenoxy) is 1. The number of morpholine rings is 1. The fraction of sp³-hybridized carbons (Fsp3) is 0.471. The summed E-state index contributed by atoms with van der Waals surface area (Å²) in [7, 11) is -3.97. The lowest BCUT2D eigenvalue weighted by molar-refractivity contribution is 0.0172. The maximum Gasteiger partial charge on any atom is 0.333 e. The van der Waals surface area contributed by atoms with E-state index in [2.05, 4.69) is 14.7 Å². The molecule has 0 bridgehead atoms. The van der Waals surface area contributed by atoms with Crippen LogP contribution in [0.15, 0.2) is 41.4 Å². The summed E-state index contributed by atoms with van der Waals surface area (Å²) in [6, 6.07) is 9.38. The van der Waals surface area contributed by atoms with E-state index in [1.807, 2.05) is 30.3 Å². The van der Waals surface area contributed by atoms with Crippen molar-refractivity contribution in [3.63, 3.8) is 0 Å². The van der Waals surface area contributed by atoms with Gasteiger partial charge in [-0.2, -0.15) is 13.9 Å². The molecule has 0 spiro atoms. The molecular formula is C17H22F2N4O3S. The molecule has 7 nitrogen and oxygen atoms in total. The number of hydrogen-bond acceptors (Lipinski definition) is 5. The van der Waals surface area contributed by atoms with E-state index in [4.69, 9.17) is 4.74 Å². The van der Waals surface area contributed by atoms with Crippen LogP contribution in [0, 0.1) is 6.92 Å². The third-order valence-corrected chi connectivity index (χ3v) is 6.14. The summed E-state index contributed by atoms with van der Waals surface area (Å²) in [6.07, 6.45) is 0.954. The van der Waals surface area contributed by atoms with Crippen molar-refractivity contribution in [2.45, 2.75) is 24.4 Å². The molecule has 0 radical (unpaired) electrons. The molecule has 1 fully saturated rings. The number of alkyl halides is 2. The number of sulfonamides is 1. The Balaban J connectivity index is 1.80. The van der Waals surface area contributed by atoms with Crippen LogP contribution in [0.25, 0.3) is 0 Å². The Morgan fingerprint density at radius 2 is 1.89 bits per heavy atom. The van der Waals surface area contributed by atoms with Gasteiger partial charge in [-0.15, -0.1) is 0 Å². The van der Waals surface area contributed by atoms with E-state index in [1.54, 1.807) is 0 Å². The monoisotopic (exact) mass is 400 g/mol. The summed E-state index contributed by atoms with van der Waals surface area (Å²) in [5.41, 5.74) is 0.877. The van der Waals surface area contributed by atoms with E-state index in [1.165, 1.54) is 6.92 Å². The molecule has 27 heavy (non-hydrogen) atoms. The predicted molar refractivity (Wildman–Crippen MR) is 95.0 cm³/mol. The smallest absolute Gasteiger partial charge is 0.333 e. The SMILES string of the molecule is Cc1c(S(=O)(=O)NCC(c2ccccc2)N2CCOCC2)cnn1C(F)F. The van der Waals surface area contributed by atoms with Gasteiger partial charge in [0, 0.05) is 25.7 Å². The number of rotatable bonds is 7. The van der Waals surface area contributed by atoms with Crippen LogP contribution in [0.1, 0.15) is 23.8 Å². The highest BCUT2D eigenvalue weighted by Gasteiger charge is 2.27. The zero-order chi connectivity index (χ0) is 19.4. The molecule has 1 aromatic heterocycles. The first-order valence-electron chi connectivity index (χ1n) is 8.59. The molecule has 1 saturated heterocycles. The van der Waals surface area contributed by atoms with Crippen molar-refractivity contribution in [3.05, 3.63) is 47.8 Å². The Kier molecular flexibility index (Phi) is 6.20. The van der Waals surface area contributed by atoms with Crippen molar-refractivity contribution < 1.29 is 21.9 Å². The normalized spacial score (nSPS) is 17.3. The summed E-state index contributed by atoms with van der Waals surface area (Å²) in [5, 5.41) is 3.48. The molecule has 1 aliphatic rings. The Morgan fingerprint density at radius 3 is 2.48 bits per heavy atom. The number of nitrogens with zero attached hydrogens (tertiary/aromatic N) is 3. The van der Waals surface area contributed by atoms with Crippen molar-refractivity contribution >= 4 is 10.0 Å². The third-order valence-electron chi connectivity index (χ3n) is 4.61. The predicted octanol–water partition coefficient (Wildman–Crippen LogP) is 1.94. The van der Waals surface area contributed by atoms with Gasteiger partial charge in [-0.05, 0) is 12.5 Å². The molecule has 1 N–H and O–H groups in total. The second-order valence-corrected chi connectivity index (χ2v) is 7.98. The molecule has 1 unspecified atom stereocenters. The molecule has 2 aromatic rings. The van der Waals surface area contributed by atoms with Crippen LogP contribution in [0.5, 0.6) is 0 Å². The van der Waals surface area contributed by atoms with Crippen LogP contribution in [-0.4, -0.2) is 55.9 Å². The van der Waals surface area contributed by atoms with Gasteiger partial charge in [0.2, 0.25) is 10.0 Å². The van der Waals surface area contributed by atoms with E-state index in [0.29, 0.717) is 31.0 Å². The average Bonchev–Trinajstić information content (AvgIpc) is 3.06. The fourth-order valence-electron chi connectivity index (χ4n) is 3.16. The van der Waals surface area contributed by atoms with Crippen molar-refractivity contribution in [1.29, 1.82) is 0 Å². The highest BCUT2D eigenvalue weighted by atomic mass is 32.2. The van der Waals surface area contributed by atoms with Crippen LogP contribution in [0.2, 0.25) is 0 Å². The van der Waals surface area contributed by atoms with Crippen molar-refractivity contribution in [1.82, 2.24) is 19.4 Å². The molecule has 1 aliphatic heterocycles. The van der Waals surface area contributed by atoms with Gasteiger partial charge in [0.05, 0.1) is 25.1 Å². The van der Waals surface area contributed by atoms with E-state index in [9.17, 15) is 17.2 Å². The highest BCUT2D eigenvalue weighted by Crippen LogP contribution is 2.23. The van der Waals surface area contributed by atoms with Crippen LogP contribution in [0.4, 0.5) is 8.78 Å². The van der Waals surface area contributed by atoms with Crippen LogP contribution in [0.3, 0.4) is 0 Å². The Morgan fingerprint density at radius 1 is 1.22 bits per heavy atom. The Labute approximate surface area is 157 Å². The van der Waals surface area contributed by atoms with E-state index >= 15 is 0 Å². The lowest BCUT2D eigenvalue weighted by Crippen LogP contribution is -2.43. The minimum absolute atomic E-state index is 0.0971. The summed E-state index contributed by atoms with van der Waals surface area (Å²) in [4.78, 5) is 1.91. The third kappa shape index (κ3) is 4.52. The first-order valence-corrected chi connectivity index (χ1v) is 10.1. The van der Waals surface area contributed by atoms with Gasteiger partial charge in [0.25, 0.3) is 0 Å². The molecular weight excluding hydrogens is 378 g/mol. The second kappa shape index (κ2) is 8.42. The largest absolute Gasteiger partial charge is 0.379 e. The summed E-state index contributed by atoms with van der Waals surface area (Å²) in [6.45, 7) is 1.06. The quantitative estimate of drug-likeness (QED) is 0.769. The lowest BCUT2D eigenvalue weighted by atomic mass is 10.1. The topological polar surface area (TPSA) is 76.5 Å². The lowest BCUT2D eigenvalue weighted by Gasteiger charge is -2.34. The molecule has 2 heterocycles. The maximum absolute atomic E-state index is 12.9. The zero-order valence-corrected chi connectivity index (χ0v) is 15.7. The molecule has 3 rings (SSSR count). The molecule has 0 saturated carbocycles. The molecule has 10 heteroatoms. The minimum Gasteiger partial charge on any atom is -0.379 e. The summed E-state index contributed by atoms with van der Waals surface area (Å²) < 4.78 is 59.4. The molecule has 0 aliphatic carbocycles. The van der Waals surface area contributed by atoms with Gasteiger partial charge in [0.15, 0.2) is 0 Å². The molecule has 1 atom stereocenters. The number of halogens is 2. The molecule has 1 aromatic carbocycles. The second-order valence-electron chi connectivity index (χ2n) is 6.24. The van der Waals surface area contributed by atoms with Crippen LogP contribution in [-0.2, 0) is 14.8 Å². The Hall–Kier alpha value is -1.88. The van der Waals surface area contributed by atoms with Crippen molar-refractivity contribution in [3.8, 4) is 0 Å². The van der Waals surface area contributed by atoms with Gasteiger partial charge in [-0.25, -0.2) is 17.8 Å². The average molecular weight is 400 g/mol. The van der Waals surface area contributed by atoms with Gasteiger partial charge in [0.1, 0.15) is 4.90 Å². The van der Waals surface area contributed by atoms with Crippen LogP contribution >= 0.6 is 0 Å². The summed E-state index contributed by atoms with van der Waals surface area (Å²) in [5.74, 6) is 0. The van der Waals surface area contributed by atoms with Gasteiger partial charge >= 0.3 is 6.55 Å². The number of hydrogen-bond donors (Lipinski definition) is 1. The van der Waals surface area contributed by atoms with E-state index < -0.39 is 16.6 Å². The number of nitrogens with one attached hydrogen (secondary N) is 1. The number of benzene rings is 1. The number of aromatic nitrogens is 2. The standard InChI is InChI=1S/C17H22F2N4O3S/c1-13-16(12-20-23(13)17(18)19)27(24,25)21-11-15(14-5-3-2-4-6-14)22-7-9-26-10-8-22/h2-6,12,15,17,21H,7-11H2,1H3. The zero-order valence-electron chi connectivity index (χ0n) is 14.9. The Bertz CT molecular complexity index is 852. The van der Waals surface area contributed by atoms with E-state index in [-0.39, 0.29) is 23.2 Å². The van der Waals surface area contributed by atoms with E-state index in [0.717, 1.165) is 11.8 Å². The first kappa shape index (κ1) is 19.9. The maximum atomic E-state index is 12.9. The first-order chi connectivity index (χ1) is 12.9. The van der Waals surface area contributed by atoms with Crippen LogP contribution < -0.4 is 4.72 Å². The fourth-order valence-corrected chi connectivity index (χ4v) is 4.36. The van der Waals surface area contributed by atoms with Crippen molar-refractivity contribution in [2.75, 3.05) is 32.8 Å². The molecule has 0 amide bonds. The van der Waals surface area contributed by atoms with Gasteiger partial charge in [-0.1, -0.05) is 30.3 Å². The molecule has 148 valence electrons.